The van der Waals surface area contributed by atoms with E-state index in [1.54, 1.807) is 23.7 Å². The van der Waals surface area contributed by atoms with Crippen molar-refractivity contribution in [2.75, 3.05) is 7.05 Å². The average molecular weight is 409 g/mol. The Hall–Kier alpha value is -3.56. The van der Waals surface area contributed by atoms with Crippen molar-refractivity contribution in [1.82, 2.24) is 34.2 Å². The fourth-order valence-corrected chi connectivity index (χ4v) is 4.46. The van der Waals surface area contributed by atoms with E-state index in [1.807, 2.05) is 0 Å². The van der Waals surface area contributed by atoms with Crippen LogP contribution in [-0.2, 0) is 10.3 Å². The molecule has 4 aromatic heterocycles. The first-order valence-corrected chi connectivity index (χ1v) is 9.87. The summed E-state index contributed by atoms with van der Waals surface area (Å²) in [4.78, 5) is 41.8. The number of nitrogens with zero attached hydrogens (tertiary/aromatic N) is 5. The molecule has 4 aromatic rings. The predicted molar refractivity (Wildman–Crippen MR) is 107 cm³/mol. The maximum atomic E-state index is 13.8. The van der Waals surface area contributed by atoms with Crippen molar-refractivity contribution in [3.8, 4) is 11.5 Å². The largest absolute Gasteiger partial charge is 0.357 e. The first kappa shape index (κ1) is 18.5. The lowest BCUT2D eigenvalue weighted by Crippen LogP contribution is -2.52. The molecule has 1 aliphatic carbocycles. The molecule has 0 aliphatic heterocycles. The minimum Gasteiger partial charge on any atom is -0.357 e. The molecule has 2 N–H and O–H groups in total. The highest BCUT2D eigenvalue weighted by Crippen LogP contribution is 2.36. The third-order valence-electron chi connectivity index (χ3n) is 5.88. The van der Waals surface area contributed by atoms with Crippen molar-refractivity contribution >= 4 is 22.7 Å². The van der Waals surface area contributed by atoms with E-state index in [2.05, 4.69) is 25.3 Å². The Bertz CT molecular complexity index is 1330. The number of aromatic amines is 1. The number of pyridine rings is 1. The summed E-state index contributed by atoms with van der Waals surface area (Å²) in [5, 5.41) is 2.72. The number of halogens is 1. The van der Waals surface area contributed by atoms with E-state index in [0.29, 0.717) is 35.3 Å². The van der Waals surface area contributed by atoms with E-state index in [4.69, 9.17) is 0 Å². The number of hydrogen-bond acceptors (Lipinski definition) is 5. The van der Waals surface area contributed by atoms with Crippen LogP contribution in [-0.4, -0.2) is 41.9 Å². The van der Waals surface area contributed by atoms with Gasteiger partial charge in [-0.2, -0.15) is 0 Å². The Morgan fingerprint density at radius 3 is 2.77 bits per heavy atom. The lowest BCUT2D eigenvalue weighted by atomic mass is 9.80. The minimum atomic E-state index is -1.00. The number of carbonyl (C=O) groups excluding carboxylic acids is 1. The van der Waals surface area contributed by atoms with Crippen LogP contribution in [0.4, 0.5) is 4.39 Å². The predicted octanol–water partition coefficient (Wildman–Crippen LogP) is 1.98. The number of carbonyl (C=O) groups is 1. The molecule has 0 atom stereocenters. The van der Waals surface area contributed by atoms with Gasteiger partial charge in [-0.15, -0.1) is 0 Å². The summed E-state index contributed by atoms with van der Waals surface area (Å²) in [6.07, 6.45) is 8.19. The summed E-state index contributed by atoms with van der Waals surface area (Å²) in [6.45, 7) is 0. The lowest BCUT2D eigenvalue weighted by molar-refractivity contribution is -0.131. The Morgan fingerprint density at radius 2 is 2.00 bits per heavy atom. The fourth-order valence-electron chi connectivity index (χ4n) is 4.46. The van der Waals surface area contributed by atoms with Gasteiger partial charge in [0.2, 0.25) is 5.91 Å². The molecule has 30 heavy (non-hydrogen) atoms. The van der Waals surface area contributed by atoms with E-state index in [9.17, 15) is 14.0 Å². The maximum Gasteiger partial charge on any atom is 0.328 e. The second-order valence-corrected chi connectivity index (χ2v) is 7.59. The van der Waals surface area contributed by atoms with Crippen LogP contribution in [0.15, 0.2) is 35.5 Å². The van der Waals surface area contributed by atoms with Gasteiger partial charge in [0.25, 0.3) is 0 Å². The van der Waals surface area contributed by atoms with Crippen LogP contribution in [0.1, 0.15) is 32.1 Å². The quantitative estimate of drug-likeness (QED) is 0.538. The molecule has 1 aliphatic rings. The Balaban J connectivity index is 1.74. The smallest absolute Gasteiger partial charge is 0.328 e. The zero-order chi connectivity index (χ0) is 20.9. The molecule has 5 rings (SSSR count). The molecule has 4 heterocycles. The highest BCUT2D eigenvalue weighted by Gasteiger charge is 2.43. The number of likely N-dealkylation sites (N-methyl/N-ethyl adjacent to an activating group) is 1. The Kier molecular flexibility index (Phi) is 4.16. The Labute approximate surface area is 170 Å². The van der Waals surface area contributed by atoms with Crippen LogP contribution in [0.25, 0.3) is 28.3 Å². The molecule has 9 nitrogen and oxygen atoms in total. The van der Waals surface area contributed by atoms with Gasteiger partial charge < -0.3 is 10.3 Å². The van der Waals surface area contributed by atoms with Gasteiger partial charge in [0.05, 0.1) is 12.4 Å². The van der Waals surface area contributed by atoms with Crippen molar-refractivity contribution in [2.24, 2.45) is 0 Å². The zero-order valence-electron chi connectivity index (χ0n) is 16.4. The van der Waals surface area contributed by atoms with Crippen LogP contribution in [0, 0.1) is 5.82 Å². The van der Waals surface area contributed by atoms with Crippen LogP contribution in [0.2, 0.25) is 0 Å². The third kappa shape index (κ3) is 2.63. The molecule has 1 amide bonds. The van der Waals surface area contributed by atoms with Crippen LogP contribution in [0.5, 0.6) is 0 Å². The van der Waals surface area contributed by atoms with Gasteiger partial charge in [-0.3, -0.25) is 13.8 Å². The van der Waals surface area contributed by atoms with Gasteiger partial charge in [-0.1, -0.05) is 19.3 Å². The fraction of sp³-hybridized carbons (Fsp3) is 0.350. The number of fused-ring (bicyclic) bond motifs is 2. The molecule has 0 radical (unpaired) electrons. The summed E-state index contributed by atoms with van der Waals surface area (Å²) in [6, 6.07) is 2.89. The van der Waals surface area contributed by atoms with Crippen molar-refractivity contribution in [2.45, 2.75) is 37.6 Å². The SMILES string of the molecule is CNC(=O)C1(n2c(=O)[nH]c3cnc(-c4cnc5ccc(F)cn45)nc32)CCCCC1. The zero-order valence-corrected chi connectivity index (χ0v) is 16.4. The average Bonchev–Trinajstić information content (AvgIpc) is 3.32. The van der Waals surface area contributed by atoms with E-state index >= 15 is 0 Å². The van der Waals surface area contributed by atoms with Crippen molar-refractivity contribution in [3.63, 3.8) is 0 Å². The van der Waals surface area contributed by atoms with Crippen LogP contribution >= 0.6 is 0 Å². The molecular weight excluding hydrogens is 389 g/mol. The minimum absolute atomic E-state index is 0.206. The first-order valence-electron chi connectivity index (χ1n) is 9.87. The van der Waals surface area contributed by atoms with Crippen LogP contribution in [0.3, 0.4) is 0 Å². The van der Waals surface area contributed by atoms with Crippen molar-refractivity contribution < 1.29 is 9.18 Å². The van der Waals surface area contributed by atoms with Crippen molar-refractivity contribution in [3.05, 3.63) is 47.0 Å². The second-order valence-electron chi connectivity index (χ2n) is 7.59. The lowest BCUT2D eigenvalue weighted by Gasteiger charge is -2.36. The van der Waals surface area contributed by atoms with E-state index in [-0.39, 0.29) is 11.7 Å². The molecule has 0 spiro atoms. The molecular formula is C20H20FN7O2. The van der Waals surface area contributed by atoms with Crippen molar-refractivity contribution in [1.29, 1.82) is 0 Å². The number of aromatic nitrogens is 6. The maximum absolute atomic E-state index is 13.8. The molecule has 1 saturated carbocycles. The van der Waals surface area contributed by atoms with E-state index in [1.165, 1.54) is 23.0 Å². The second kappa shape index (κ2) is 6.75. The number of H-pyrrole nitrogens is 1. The van der Waals surface area contributed by atoms with Gasteiger partial charge in [-0.25, -0.2) is 24.1 Å². The molecule has 1 fully saturated rings. The van der Waals surface area contributed by atoms with Gasteiger partial charge in [-0.05, 0) is 25.0 Å². The molecule has 0 aromatic carbocycles. The van der Waals surface area contributed by atoms with Gasteiger partial charge >= 0.3 is 5.69 Å². The third-order valence-corrected chi connectivity index (χ3v) is 5.88. The number of imidazole rings is 2. The summed E-state index contributed by atoms with van der Waals surface area (Å²) < 4.78 is 16.8. The summed E-state index contributed by atoms with van der Waals surface area (Å²) in [5.41, 5.74) is 0.435. The highest BCUT2D eigenvalue weighted by atomic mass is 19.1. The van der Waals surface area contributed by atoms with E-state index in [0.717, 1.165) is 19.3 Å². The Morgan fingerprint density at radius 1 is 1.20 bits per heavy atom. The number of amides is 1. The summed E-state index contributed by atoms with van der Waals surface area (Å²) in [5.74, 6) is -0.333. The molecule has 10 heteroatoms. The normalized spacial score (nSPS) is 16.2. The monoisotopic (exact) mass is 409 g/mol. The number of hydrogen-bond donors (Lipinski definition) is 2. The topological polar surface area (TPSA) is 110 Å². The summed E-state index contributed by atoms with van der Waals surface area (Å²) >= 11 is 0. The molecule has 0 bridgehead atoms. The van der Waals surface area contributed by atoms with Crippen LogP contribution < -0.4 is 11.0 Å². The molecule has 0 unspecified atom stereocenters. The number of rotatable bonds is 3. The van der Waals surface area contributed by atoms with E-state index < -0.39 is 17.0 Å². The van der Waals surface area contributed by atoms with Gasteiger partial charge in [0.1, 0.15) is 28.2 Å². The van der Waals surface area contributed by atoms with Gasteiger partial charge in [0, 0.05) is 13.2 Å². The number of nitrogens with one attached hydrogen (secondary N) is 2. The van der Waals surface area contributed by atoms with Gasteiger partial charge in [0.15, 0.2) is 11.5 Å². The molecule has 154 valence electrons. The summed E-state index contributed by atoms with van der Waals surface area (Å²) in [7, 11) is 1.58. The first-order chi connectivity index (χ1) is 14.5. The highest BCUT2D eigenvalue weighted by molar-refractivity contribution is 5.86. The molecule has 0 saturated heterocycles. The standard InChI is InChI=1S/C20H20FN7O2/c1-22-18(29)20(7-3-2-4-8-20)28-17-13(25-19(28)30)9-24-16(26-17)14-10-23-15-6-5-12(21)11-27(14)15/h5-6,9-11H,2-4,7-8H2,1H3,(H,22,29)(H,25,30).